The van der Waals surface area contributed by atoms with E-state index in [-0.39, 0.29) is 17.9 Å². The Morgan fingerprint density at radius 2 is 1.74 bits per heavy atom. The van der Waals surface area contributed by atoms with Crippen molar-refractivity contribution in [3.05, 3.63) is 64.7 Å². The zero-order valence-electron chi connectivity index (χ0n) is 18.9. The van der Waals surface area contributed by atoms with Gasteiger partial charge in [-0.25, -0.2) is 0 Å². The van der Waals surface area contributed by atoms with Crippen LogP contribution >= 0.6 is 23.4 Å². The van der Waals surface area contributed by atoms with Crippen LogP contribution in [0.1, 0.15) is 51.2 Å². The lowest BCUT2D eigenvalue weighted by molar-refractivity contribution is -0.141. The highest BCUT2D eigenvalue weighted by atomic mass is 35.5. The van der Waals surface area contributed by atoms with Crippen molar-refractivity contribution in [1.82, 2.24) is 10.2 Å². The number of amides is 2. The first-order valence-corrected chi connectivity index (χ1v) is 12.2. The molecule has 2 rings (SSSR count). The fourth-order valence-electron chi connectivity index (χ4n) is 3.21. The van der Waals surface area contributed by atoms with Gasteiger partial charge in [-0.3, -0.25) is 9.59 Å². The molecule has 0 radical (unpaired) electrons. The fraction of sp³-hybridized carbons (Fsp3) is 0.440. The Bertz CT molecular complexity index is 857. The van der Waals surface area contributed by atoms with Gasteiger partial charge in [0.05, 0.1) is 0 Å². The molecule has 0 spiro atoms. The highest BCUT2D eigenvalue weighted by Crippen LogP contribution is 2.23. The number of aryl methyl sites for hydroxylation is 1. The highest BCUT2D eigenvalue weighted by molar-refractivity contribution is 7.99. The summed E-state index contributed by atoms with van der Waals surface area (Å²) in [5.74, 6) is 0.513. The van der Waals surface area contributed by atoms with E-state index in [0.717, 1.165) is 16.9 Å². The molecular weight excluding hydrogens is 428 g/mol. The standard InChI is InChI=1S/C25H33ClN2O2S/c1-5-19(4)27-25(30)23(6-2)28(17-20-9-7-8-10-22(20)26)24(29)15-16-31-21-13-11-18(3)12-14-21/h7-14,19,23H,5-6,15-17H2,1-4H3,(H,27,30)/t19-,23-/m0/s1. The molecule has 0 unspecified atom stereocenters. The van der Waals surface area contributed by atoms with Crippen molar-refractivity contribution in [1.29, 1.82) is 0 Å². The van der Waals surface area contributed by atoms with Crippen LogP contribution in [0.15, 0.2) is 53.4 Å². The third kappa shape index (κ3) is 7.89. The maximum absolute atomic E-state index is 13.3. The summed E-state index contributed by atoms with van der Waals surface area (Å²) in [4.78, 5) is 29.0. The fourth-order valence-corrected chi connectivity index (χ4v) is 4.24. The van der Waals surface area contributed by atoms with Crippen molar-refractivity contribution in [2.45, 2.75) is 70.5 Å². The normalized spacial score (nSPS) is 12.8. The van der Waals surface area contributed by atoms with E-state index in [2.05, 4.69) is 36.5 Å². The predicted molar refractivity (Wildman–Crippen MR) is 130 cm³/mol. The van der Waals surface area contributed by atoms with Gasteiger partial charge in [0.15, 0.2) is 0 Å². The van der Waals surface area contributed by atoms with E-state index >= 15 is 0 Å². The number of thioether (sulfide) groups is 1. The van der Waals surface area contributed by atoms with Crippen molar-refractivity contribution in [3.8, 4) is 0 Å². The molecule has 0 fully saturated rings. The van der Waals surface area contributed by atoms with Crippen LogP contribution < -0.4 is 5.32 Å². The molecular formula is C25H33ClN2O2S. The number of halogens is 1. The molecule has 4 nitrogen and oxygen atoms in total. The van der Waals surface area contributed by atoms with Crippen molar-refractivity contribution in [2.24, 2.45) is 0 Å². The minimum Gasteiger partial charge on any atom is -0.352 e. The molecule has 31 heavy (non-hydrogen) atoms. The van der Waals surface area contributed by atoms with E-state index in [9.17, 15) is 9.59 Å². The van der Waals surface area contributed by atoms with Gasteiger partial charge in [-0.15, -0.1) is 11.8 Å². The second-order valence-electron chi connectivity index (χ2n) is 7.77. The average Bonchev–Trinajstić information content (AvgIpc) is 2.76. The van der Waals surface area contributed by atoms with Gasteiger partial charge in [-0.1, -0.05) is 61.3 Å². The van der Waals surface area contributed by atoms with Crippen LogP contribution in [0.25, 0.3) is 0 Å². The molecule has 0 saturated carbocycles. The van der Waals surface area contributed by atoms with E-state index in [0.29, 0.717) is 30.2 Å². The SMILES string of the molecule is CC[C@H](C)NC(=O)[C@H](CC)N(Cc1ccccc1Cl)C(=O)CCSc1ccc(C)cc1. The molecule has 6 heteroatoms. The van der Waals surface area contributed by atoms with E-state index in [4.69, 9.17) is 11.6 Å². The first-order valence-electron chi connectivity index (χ1n) is 10.9. The molecule has 0 aliphatic heterocycles. The number of carbonyl (C=O) groups excluding carboxylic acids is 2. The molecule has 1 N–H and O–H groups in total. The summed E-state index contributed by atoms with van der Waals surface area (Å²) in [6, 6.07) is 15.3. The summed E-state index contributed by atoms with van der Waals surface area (Å²) in [6.45, 7) is 8.32. The lowest BCUT2D eigenvalue weighted by Crippen LogP contribution is -2.50. The Balaban J connectivity index is 2.14. The van der Waals surface area contributed by atoms with Gasteiger partial charge >= 0.3 is 0 Å². The second-order valence-corrected chi connectivity index (χ2v) is 9.34. The molecule has 2 atom stereocenters. The summed E-state index contributed by atoms with van der Waals surface area (Å²) < 4.78 is 0. The number of nitrogens with one attached hydrogen (secondary N) is 1. The molecule has 0 bridgehead atoms. The van der Waals surface area contributed by atoms with Crippen LogP contribution in [0.4, 0.5) is 0 Å². The van der Waals surface area contributed by atoms with E-state index < -0.39 is 6.04 Å². The summed E-state index contributed by atoms with van der Waals surface area (Å²) in [5.41, 5.74) is 2.06. The third-order valence-electron chi connectivity index (χ3n) is 5.29. The van der Waals surface area contributed by atoms with Crippen LogP contribution in [0.2, 0.25) is 5.02 Å². The molecule has 0 saturated heterocycles. The van der Waals surface area contributed by atoms with Gasteiger partial charge < -0.3 is 10.2 Å². The Hall–Kier alpha value is -1.98. The molecule has 168 valence electrons. The number of hydrogen-bond acceptors (Lipinski definition) is 3. The molecule has 2 aromatic rings. The predicted octanol–water partition coefficient (Wildman–Crippen LogP) is 5.85. The van der Waals surface area contributed by atoms with Gasteiger partial charge in [0.25, 0.3) is 0 Å². The van der Waals surface area contributed by atoms with Gasteiger partial charge in [-0.2, -0.15) is 0 Å². The smallest absolute Gasteiger partial charge is 0.243 e. The zero-order chi connectivity index (χ0) is 22.8. The number of carbonyl (C=O) groups is 2. The van der Waals surface area contributed by atoms with Crippen molar-refractivity contribution >= 4 is 35.2 Å². The second kappa shape index (κ2) is 12.8. The van der Waals surface area contributed by atoms with E-state index in [1.807, 2.05) is 45.0 Å². The molecule has 0 aliphatic carbocycles. The molecule has 0 aromatic heterocycles. The topological polar surface area (TPSA) is 49.4 Å². The molecule has 2 aromatic carbocycles. The van der Waals surface area contributed by atoms with Gasteiger partial charge in [-0.05, 0) is 50.5 Å². The number of benzene rings is 2. The van der Waals surface area contributed by atoms with Crippen molar-refractivity contribution in [3.63, 3.8) is 0 Å². The lowest BCUT2D eigenvalue weighted by atomic mass is 10.1. The van der Waals surface area contributed by atoms with Gasteiger partial charge in [0, 0.05) is 34.7 Å². The van der Waals surface area contributed by atoms with Crippen molar-refractivity contribution < 1.29 is 9.59 Å². The van der Waals surface area contributed by atoms with Gasteiger partial charge in [0.1, 0.15) is 6.04 Å². The Kier molecular flexibility index (Phi) is 10.4. The number of rotatable bonds is 11. The quantitative estimate of drug-likeness (QED) is 0.427. The minimum absolute atomic E-state index is 0.0364. The van der Waals surface area contributed by atoms with Crippen molar-refractivity contribution in [2.75, 3.05) is 5.75 Å². The largest absolute Gasteiger partial charge is 0.352 e. The summed E-state index contributed by atoms with van der Waals surface area (Å²) in [7, 11) is 0. The summed E-state index contributed by atoms with van der Waals surface area (Å²) in [6.07, 6.45) is 1.74. The summed E-state index contributed by atoms with van der Waals surface area (Å²) in [5, 5.41) is 3.64. The molecule has 0 heterocycles. The van der Waals surface area contributed by atoms with Crippen LogP contribution in [0.5, 0.6) is 0 Å². The van der Waals surface area contributed by atoms with Crippen LogP contribution in [-0.2, 0) is 16.1 Å². The lowest BCUT2D eigenvalue weighted by Gasteiger charge is -2.31. The summed E-state index contributed by atoms with van der Waals surface area (Å²) >= 11 is 8.01. The highest BCUT2D eigenvalue weighted by Gasteiger charge is 2.29. The van der Waals surface area contributed by atoms with Gasteiger partial charge in [0.2, 0.25) is 11.8 Å². The Labute approximate surface area is 195 Å². The van der Waals surface area contributed by atoms with Crippen LogP contribution in [0.3, 0.4) is 0 Å². The first-order chi connectivity index (χ1) is 14.8. The molecule has 0 aliphatic rings. The van der Waals surface area contributed by atoms with Crippen LogP contribution in [-0.4, -0.2) is 34.6 Å². The third-order valence-corrected chi connectivity index (χ3v) is 6.67. The minimum atomic E-state index is -0.526. The number of nitrogens with zero attached hydrogens (tertiary/aromatic N) is 1. The van der Waals surface area contributed by atoms with E-state index in [1.165, 1.54) is 5.56 Å². The van der Waals surface area contributed by atoms with E-state index in [1.54, 1.807) is 16.7 Å². The Morgan fingerprint density at radius 3 is 2.35 bits per heavy atom. The first kappa shape index (κ1) is 25.3. The number of hydrogen-bond donors (Lipinski definition) is 1. The maximum Gasteiger partial charge on any atom is 0.243 e. The van der Waals surface area contributed by atoms with Crippen LogP contribution in [0, 0.1) is 6.92 Å². The average molecular weight is 461 g/mol. The monoisotopic (exact) mass is 460 g/mol. The molecule has 2 amide bonds. The Morgan fingerprint density at radius 1 is 1.06 bits per heavy atom. The maximum atomic E-state index is 13.3. The zero-order valence-corrected chi connectivity index (χ0v) is 20.4.